The van der Waals surface area contributed by atoms with Gasteiger partial charge >= 0.3 is 6.18 Å². The Hall–Kier alpha value is -3.57. The molecule has 1 saturated heterocycles. The number of halogens is 3. The lowest BCUT2D eigenvalue weighted by Gasteiger charge is -2.31. The van der Waals surface area contributed by atoms with Gasteiger partial charge in [0.05, 0.1) is 10.6 Å². The topological polar surface area (TPSA) is 75.2 Å². The van der Waals surface area contributed by atoms with Gasteiger partial charge in [-0.1, -0.05) is 30.3 Å². The highest BCUT2D eigenvalue weighted by Crippen LogP contribution is 2.34. The van der Waals surface area contributed by atoms with E-state index >= 15 is 0 Å². The van der Waals surface area contributed by atoms with E-state index in [9.17, 15) is 22.8 Å². The number of nitrogens with one attached hydrogen (secondary N) is 1. The number of piperidine rings is 1. The van der Waals surface area contributed by atoms with Crippen molar-refractivity contribution in [2.24, 2.45) is 0 Å². The van der Waals surface area contributed by atoms with Crippen LogP contribution in [0.15, 0.2) is 65.5 Å². The number of aromatic nitrogens is 2. The molecule has 0 aliphatic carbocycles. The van der Waals surface area contributed by atoms with Crippen molar-refractivity contribution in [2.45, 2.75) is 24.9 Å². The zero-order chi connectivity index (χ0) is 26.0. The van der Waals surface area contributed by atoms with Gasteiger partial charge in [-0.25, -0.2) is 9.97 Å². The zero-order valence-electron chi connectivity index (χ0n) is 19.4. The van der Waals surface area contributed by atoms with Crippen LogP contribution in [0.2, 0.25) is 0 Å². The van der Waals surface area contributed by atoms with E-state index < -0.39 is 11.7 Å². The standard InChI is InChI=1S/C26H21F3N4O2S2/c27-26(28,29)18-7-5-16(6-8-18)19-3-1-2-4-20(19)24(35)33-12-9-17(10-13-33)23-31-21(15-37-23)22(34)32-25-30-11-14-36-25/h1-8,11,14-15,17H,9-10,12-13H2,(H,30,32,34). The number of hydrogen-bond donors (Lipinski definition) is 1. The molecule has 4 aromatic rings. The molecule has 0 saturated carbocycles. The Morgan fingerprint density at radius 3 is 2.41 bits per heavy atom. The highest BCUT2D eigenvalue weighted by Gasteiger charge is 2.31. The predicted octanol–water partition coefficient (Wildman–Crippen LogP) is 6.56. The van der Waals surface area contributed by atoms with Gasteiger partial charge in [0.1, 0.15) is 5.69 Å². The summed E-state index contributed by atoms with van der Waals surface area (Å²) in [4.78, 5) is 36.1. The van der Waals surface area contributed by atoms with E-state index in [1.165, 1.54) is 34.8 Å². The fraction of sp³-hybridized carbons (Fsp3) is 0.231. The van der Waals surface area contributed by atoms with Crippen molar-refractivity contribution in [3.63, 3.8) is 0 Å². The smallest absolute Gasteiger partial charge is 0.339 e. The second-order valence-corrected chi connectivity index (χ2v) is 10.3. The number of nitrogens with zero attached hydrogens (tertiary/aromatic N) is 3. The van der Waals surface area contributed by atoms with Crippen LogP contribution in [0.3, 0.4) is 0 Å². The van der Waals surface area contributed by atoms with Gasteiger partial charge in [-0.2, -0.15) is 13.2 Å². The van der Waals surface area contributed by atoms with Gasteiger partial charge in [-0.3, -0.25) is 14.9 Å². The molecule has 0 spiro atoms. The Morgan fingerprint density at radius 1 is 1.00 bits per heavy atom. The third-order valence-electron chi connectivity index (χ3n) is 6.22. The third kappa shape index (κ3) is 5.57. The Bertz CT molecular complexity index is 1390. The van der Waals surface area contributed by atoms with Gasteiger partial charge in [0.2, 0.25) is 0 Å². The average molecular weight is 543 g/mol. The van der Waals surface area contributed by atoms with Crippen LogP contribution < -0.4 is 5.32 Å². The zero-order valence-corrected chi connectivity index (χ0v) is 21.0. The molecule has 0 atom stereocenters. The number of hydrogen-bond acceptors (Lipinski definition) is 6. The summed E-state index contributed by atoms with van der Waals surface area (Å²) in [5.41, 5.74) is 1.22. The first-order chi connectivity index (χ1) is 17.8. The number of amides is 2. The highest BCUT2D eigenvalue weighted by atomic mass is 32.1. The van der Waals surface area contributed by atoms with Gasteiger partial charge in [-0.05, 0) is 42.2 Å². The summed E-state index contributed by atoms with van der Waals surface area (Å²) in [7, 11) is 0. The van der Waals surface area contributed by atoms with Crippen molar-refractivity contribution in [3.8, 4) is 11.1 Å². The van der Waals surface area contributed by atoms with Crippen molar-refractivity contribution < 1.29 is 22.8 Å². The fourth-order valence-corrected chi connectivity index (χ4v) is 5.78. The van der Waals surface area contributed by atoms with Crippen molar-refractivity contribution in [2.75, 3.05) is 18.4 Å². The van der Waals surface area contributed by atoms with Crippen molar-refractivity contribution in [1.82, 2.24) is 14.9 Å². The maximum atomic E-state index is 13.4. The Balaban J connectivity index is 1.24. The first-order valence-electron chi connectivity index (χ1n) is 11.5. The first kappa shape index (κ1) is 25.1. The molecule has 1 fully saturated rings. The first-order valence-corrected chi connectivity index (χ1v) is 13.3. The molecule has 1 aliphatic heterocycles. The summed E-state index contributed by atoms with van der Waals surface area (Å²) in [5.74, 6) is -0.317. The van der Waals surface area contributed by atoms with Crippen LogP contribution in [0.1, 0.15) is 50.2 Å². The molecule has 3 heterocycles. The number of likely N-dealkylation sites (tertiary alicyclic amines) is 1. The molecule has 2 amide bonds. The van der Waals surface area contributed by atoms with Gasteiger partial charge in [-0.15, -0.1) is 22.7 Å². The number of thiazole rings is 2. The maximum absolute atomic E-state index is 13.4. The second kappa shape index (κ2) is 10.4. The molecule has 1 N–H and O–H groups in total. The SMILES string of the molecule is O=C(Nc1nccs1)c1csc(C2CCN(C(=O)c3ccccc3-c3ccc(C(F)(F)F)cc3)CC2)n1. The largest absolute Gasteiger partial charge is 0.416 e. The van der Waals surface area contributed by atoms with Crippen LogP contribution in [-0.2, 0) is 6.18 Å². The van der Waals surface area contributed by atoms with E-state index in [1.807, 2.05) is 0 Å². The minimum Gasteiger partial charge on any atom is -0.339 e. The fourth-order valence-electron chi connectivity index (χ4n) is 4.29. The lowest BCUT2D eigenvalue weighted by molar-refractivity contribution is -0.137. The van der Waals surface area contributed by atoms with Crippen LogP contribution in [0.25, 0.3) is 11.1 Å². The second-order valence-electron chi connectivity index (χ2n) is 8.55. The van der Waals surface area contributed by atoms with Crippen LogP contribution >= 0.6 is 22.7 Å². The van der Waals surface area contributed by atoms with Crippen LogP contribution in [0.4, 0.5) is 18.3 Å². The van der Waals surface area contributed by atoms with E-state index in [-0.39, 0.29) is 17.7 Å². The van der Waals surface area contributed by atoms with E-state index in [1.54, 1.807) is 46.1 Å². The van der Waals surface area contributed by atoms with Gasteiger partial charge in [0.25, 0.3) is 11.8 Å². The number of rotatable bonds is 5. The summed E-state index contributed by atoms with van der Waals surface area (Å²) in [6.45, 7) is 1.04. The molecular weight excluding hydrogens is 521 g/mol. The molecule has 0 unspecified atom stereocenters. The van der Waals surface area contributed by atoms with Crippen LogP contribution in [-0.4, -0.2) is 39.8 Å². The Morgan fingerprint density at radius 2 is 1.73 bits per heavy atom. The van der Waals surface area contributed by atoms with Crippen LogP contribution in [0.5, 0.6) is 0 Å². The number of alkyl halides is 3. The summed E-state index contributed by atoms with van der Waals surface area (Å²) in [5, 5.41) is 7.62. The molecule has 2 aromatic heterocycles. The van der Waals surface area contributed by atoms with Gasteiger partial charge in [0.15, 0.2) is 5.13 Å². The van der Waals surface area contributed by atoms with Crippen LogP contribution in [0, 0.1) is 0 Å². The Kier molecular flexibility index (Phi) is 7.07. The molecule has 5 rings (SSSR count). The average Bonchev–Trinajstić information content (AvgIpc) is 3.61. The summed E-state index contributed by atoms with van der Waals surface area (Å²) in [6, 6.07) is 11.8. The number of carbonyl (C=O) groups excluding carboxylic acids is 2. The van der Waals surface area contributed by atoms with E-state index in [2.05, 4.69) is 15.3 Å². The lowest BCUT2D eigenvalue weighted by atomic mass is 9.94. The Labute approximate surface area is 218 Å². The molecule has 190 valence electrons. The predicted molar refractivity (Wildman–Crippen MR) is 137 cm³/mol. The van der Waals surface area contributed by atoms with Gasteiger partial charge in [0, 0.05) is 41.5 Å². The summed E-state index contributed by atoms with van der Waals surface area (Å²) < 4.78 is 38.9. The summed E-state index contributed by atoms with van der Waals surface area (Å²) in [6.07, 6.45) is -1.39. The van der Waals surface area contributed by atoms with E-state index in [0.717, 1.165) is 17.1 Å². The number of anilines is 1. The maximum Gasteiger partial charge on any atom is 0.416 e. The molecular formula is C26H21F3N4O2S2. The van der Waals surface area contributed by atoms with Crippen molar-refractivity contribution in [1.29, 1.82) is 0 Å². The minimum absolute atomic E-state index is 0.139. The number of benzene rings is 2. The van der Waals surface area contributed by atoms with E-state index in [0.29, 0.717) is 53.4 Å². The number of carbonyl (C=O) groups is 2. The highest BCUT2D eigenvalue weighted by molar-refractivity contribution is 7.13. The monoisotopic (exact) mass is 542 g/mol. The lowest BCUT2D eigenvalue weighted by Crippen LogP contribution is -2.38. The van der Waals surface area contributed by atoms with E-state index in [4.69, 9.17) is 0 Å². The van der Waals surface area contributed by atoms with Crippen molar-refractivity contribution >= 4 is 39.6 Å². The molecule has 1 aliphatic rings. The molecule has 2 aromatic carbocycles. The quantitative estimate of drug-likeness (QED) is 0.310. The molecule has 0 bridgehead atoms. The minimum atomic E-state index is -4.42. The summed E-state index contributed by atoms with van der Waals surface area (Å²) >= 11 is 2.77. The molecule has 0 radical (unpaired) electrons. The van der Waals surface area contributed by atoms with Crippen molar-refractivity contribution in [3.05, 3.63) is 87.3 Å². The molecule has 11 heteroatoms. The molecule has 6 nitrogen and oxygen atoms in total. The third-order valence-corrected chi connectivity index (χ3v) is 7.92. The molecule has 37 heavy (non-hydrogen) atoms. The van der Waals surface area contributed by atoms with Gasteiger partial charge < -0.3 is 4.90 Å². The normalized spacial score (nSPS) is 14.5.